The van der Waals surface area contributed by atoms with Crippen LogP contribution in [0.15, 0.2) is 24.3 Å². The van der Waals surface area contributed by atoms with Crippen LogP contribution in [-0.2, 0) is 0 Å². The van der Waals surface area contributed by atoms with Gasteiger partial charge in [0, 0.05) is 19.1 Å². The van der Waals surface area contributed by atoms with E-state index in [2.05, 4.69) is 23.8 Å². The Morgan fingerprint density at radius 3 is 2.86 bits per heavy atom. The van der Waals surface area contributed by atoms with E-state index in [1.54, 1.807) is 0 Å². The van der Waals surface area contributed by atoms with E-state index >= 15 is 0 Å². The van der Waals surface area contributed by atoms with Crippen molar-refractivity contribution < 1.29 is 4.74 Å². The number of nitrogens with zero attached hydrogens (tertiary/aromatic N) is 2. The first-order valence-electron chi connectivity index (χ1n) is 8.10. The molecule has 1 aromatic rings. The van der Waals surface area contributed by atoms with Crippen molar-refractivity contribution in [2.75, 3.05) is 45.6 Å². The molecule has 1 heterocycles. The molecule has 0 saturated carbocycles. The molecule has 21 heavy (non-hydrogen) atoms. The zero-order valence-electron chi connectivity index (χ0n) is 13.4. The van der Waals surface area contributed by atoms with Crippen LogP contribution < -0.4 is 10.5 Å². The Hall–Kier alpha value is -1.26. The minimum absolute atomic E-state index is 0.680. The highest BCUT2D eigenvalue weighted by Gasteiger charge is 2.21. The van der Waals surface area contributed by atoms with Gasteiger partial charge in [0.25, 0.3) is 0 Å². The molecule has 0 bridgehead atoms. The van der Waals surface area contributed by atoms with Crippen LogP contribution in [0, 0.1) is 0 Å². The topological polar surface area (TPSA) is 41.7 Å². The van der Waals surface area contributed by atoms with Crippen molar-refractivity contribution in [1.29, 1.82) is 0 Å². The maximum atomic E-state index is 5.88. The second-order valence-electron chi connectivity index (χ2n) is 5.95. The van der Waals surface area contributed by atoms with Gasteiger partial charge < -0.3 is 15.4 Å². The van der Waals surface area contributed by atoms with Crippen LogP contribution >= 0.6 is 0 Å². The van der Waals surface area contributed by atoms with Crippen molar-refractivity contribution in [3.05, 3.63) is 24.3 Å². The molecule has 0 aliphatic carbocycles. The summed E-state index contributed by atoms with van der Waals surface area (Å²) >= 11 is 0. The first kappa shape index (κ1) is 16.1. The van der Waals surface area contributed by atoms with Gasteiger partial charge in [-0.25, -0.2) is 0 Å². The van der Waals surface area contributed by atoms with Gasteiger partial charge in [0.2, 0.25) is 0 Å². The van der Waals surface area contributed by atoms with Crippen LogP contribution in [0.5, 0.6) is 5.75 Å². The zero-order chi connectivity index (χ0) is 15.1. The van der Waals surface area contributed by atoms with E-state index < -0.39 is 0 Å². The van der Waals surface area contributed by atoms with Gasteiger partial charge in [-0.3, -0.25) is 4.90 Å². The number of rotatable bonds is 6. The van der Waals surface area contributed by atoms with Gasteiger partial charge in [-0.05, 0) is 51.5 Å². The Labute approximate surface area is 128 Å². The van der Waals surface area contributed by atoms with Crippen molar-refractivity contribution >= 4 is 5.69 Å². The first-order chi connectivity index (χ1) is 10.2. The molecule has 0 amide bonds. The smallest absolute Gasteiger partial charge is 0.142 e. The summed E-state index contributed by atoms with van der Waals surface area (Å²) in [4.78, 5) is 5.08. The van der Waals surface area contributed by atoms with Gasteiger partial charge in [-0.2, -0.15) is 0 Å². The molecule has 0 aromatic heterocycles. The third kappa shape index (κ3) is 4.90. The lowest BCUT2D eigenvalue weighted by molar-refractivity contribution is 0.169. The van der Waals surface area contributed by atoms with E-state index in [1.165, 1.54) is 32.5 Å². The molecule has 2 rings (SSSR count). The van der Waals surface area contributed by atoms with E-state index in [0.717, 1.165) is 31.0 Å². The lowest BCUT2D eigenvalue weighted by atomic mass is 10.2. The van der Waals surface area contributed by atoms with Crippen LogP contribution in [0.25, 0.3) is 0 Å². The number of hydrogen-bond acceptors (Lipinski definition) is 4. The number of nitrogen functional groups attached to an aromatic ring is 1. The summed E-state index contributed by atoms with van der Waals surface area (Å²) in [6.45, 7) is 7.73. The Morgan fingerprint density at radius 1 is 1.29 bits per heavy atom. The second kappa shape index (κ2) is 8.25. The quantitative estimate of drug-likeness (QED) is 0.646. The maximum Gasteiger partial charge on any atom is 0.142 e. The highest BCUT2D eigenvalue weighted by Crippen LogP contribution is 2.20. The molecule has 0 spiro atoms. The van der Waals surface area contributed by atoms with E-state index in [9.17, 15) is 0 Å². The lowest BCUT2D eigenvalue weighted by Gasteiger charge is -2.30. The summed E-state index contributed by atoms with van der Waals surface area (Å²) in [7, 11) is 2.23. The van der Waals surface area contributed by atoms with Gasteiger partial charge in [0.05, 0.1) is 12.3 Å². The van der Waals surface area contributed by atoms with Crippen LogP contribution in [0.4, 0.5) is 5.69 Å². The Balaban J connectivity index is 1.75. The van der Waals surface area contributed by atoms with Crippen LogP contribution in [0.3, 0.4) is 0 Å². The molecular formula is C17H29N3O. The fourth-order valence-corrected chi connectivity index (χ4v) is 3.04. The van der Waals surface area contributed by atoms with Gasteiger partial charge >= 0.3 is 0 Å². The molecule has 1 unspecified atom stereocenters. The van der Waals surface area contributed by atoms with Crippen molar-refractivity contribution in [2.45, 2.75) is 32.2 Å². The minimum atomic E-state index is 0.680. The Morgan fingerprint density at radius 2 is 2.10 bits per heavy atom. The van der Waals surface area contributed by atoms with Gasteiger partial charge in [-0.15, -0.1) is 0 Å². The van der Waals surface area contributed by atoms with Crippen molar-refractivity contribution in [3.63, 3.8) is 0 Å². The predicted octanol–water partition coefficient (Wildman–Crippen LogP) is 2.45. The second-order valence-corrected chi connectivity index (χ2v) is 5.95. The van der Waals surface area contributed by atoms with E-state index in [-0.39, 0.29) is 0 Å². The molecule has 1 aromatic carbocycles. The average Bonchev–Trinajstić information content (AvgIpc) is 2.66. The lowest BCUT2D eigenvalue weighted by Crippen LogP contribution is -2.40. The number of ether oxygens (including phenoxy) is 1. The number of benzene rings is 1. The van der Waals surface area contributed by atoms with Crippen molar-refractivity contribution in [1.82, 2.24) is 9.80 Å². The minimum Gasteiger partial charge on any atom is -0.491 e. The van der Waals surface area contributed by atoms with Gasteiger partial charge in [0.1, 0.15) is 5.75 Å². The monoisotopic (exact) mass is 291 g/mol. The molecule has 1 aliphatic heterocycles. The van der Waals surface area contributed by atoms with Crippen molar-refractivity contribution in [2.24, 2.45) is 0 Å². The summed E-state index contributed by atoms with van der Waals surface area (Å²) in [5, 5.41) is 0. The van der Waals surface area contributed by atoms with Crippen LogP contribution in [0.1, 0.15) is 26.2 Å². The fourth-order valence-electron chi connectivity index (χ4n) is 3.04. The summed E-state index contributed by atoms with van der Waals surface area (Å²) in [5.41, 5.74) is 6.61. The molecule has 1 aliphatic rings. The van der Waals surface area contributed by atoms with Gasteiger partial charge in [0.15, 0.2) is 0 Å². The van der Waals surface area contributed by atoms with Gasteiger partial charge in [-0.1, -0.05) is 19.1 Å². The molecule has 4 heteroatoms. The number of hydrogen-bond donors (Lipinski definition) is 1. The SMILES string of the molecule is CCC1CN(C)CCCN1CCCOc1ccccc1N. The maximum absolute atomic E-state index is 5.88. The number of anilines is 1. The van der Waals surface area contributed by atoms with E-state index in [1.807, 2.05) is 24.3 Å². The summed E-state index contributed by atoms with van der Waals surface area (Å²) in [5.74, 6) is 0.806. The zero-order valence-corrected chi connectivity index (χ0v) is 13.4. The summed E-state index contributed by atoms with van der Waals surface area (Å²) < 4.78 is 5.79. The Kier molecular flexibility index (Phi) is 6.33. The molecular weight excluding hydrogens is 262 g/mol. The third-order valence-electron chi connectivity index (χ3n) is 4.26. The molecule has 1 fully saturated rings. The molecule has 0 radical (unpaired) electrons. The summed E-state index contributed by atoms with van der Waals surface area (Å²) in [6, 6.07) is 8.39. The Bertz CT molecular complexity index is 424. The number of nitrogens with two attached hydrogens (primary N) is 1. The standard InChI is InChI=1S/C17H29N3O/c1-3-15-14-19(2)10-6-11-20(15)12-7-13-21-17-9-5-4-8-16(17)18/h4-5,8-9,15H,3,6-7,10-14,18H2,1-2H3. The molecule has 1 atom stereocenters. The largest absolute Gasteiger partial charge is 0.491 e. The van der Waals surface area contributed by atoms with Crippen LogP contribution in [-0.4, -0.2) is 55.7 Å². The van der Waals surface area contributed by atoms with E-state index in [4.69, 9.17) is 10.5 Å². The average molecular weight is 291 g/mol. The van der Waals surface area contributed by atoms with Crippen LogP contribution in [0.2, 0.25) is 0 Å². The molecule has 4 nitrogen and oxygen atoms in total. The fraction of sp³-hybridized carbons (Fsp3) is 0.647. The highest BCUT2D eigenvalue weighted by molar-refractivity contribution is 5.51. The normalized spacial score (nSPS) is 21.1. The highest BCUT2D eigenvalue weighted by atomic mass is 16.5. The van der Waals surface area contributed by atoms with Crippen molar-refractivity contribution in [3.8, 4) is 5.75 Å². The summed E-state index contributed by atoms with van der Waals surface area (Å²) in [6.07, 6.45) is 3.53. The first-order valence-corrected chi connectivity index (χ1v) is 8.10. The predicted molar refractivity (Wildman–Crippen MR) is 88.7 cm³/mol. The molecule has 2 N–H and O–H groups in total. The third-order valence-corrected chi connectivity index (χ3v) is 4.26. The molecule has 1 saturated heterocycles. The number of likely N-dealkylation sites (N-methyl/N-ethyl adjacent to an activating group) is 1. The number of para-hydroxylation sites is 2. The van der Waals surface area contributed by atoms with E-state index in [0.29, 0.717) is 6.04 Å². The molecule has 118 valence electrons.